The van der Waals surface area contributed by atoms with Gasteiger partial charge >= 0.3 is 5.97 Å². The minimum Gasteiger partial charge on any atom is -0.480 e. The summed E-state index contributed by atoms with van der Waals surface area (Å²) < 4.78 is 0. The molecule has 0 saturated carbocycles. The van der Waals surface area contributed by atoms with Crippen LogP contribution >= 0.6 is 12.4 Å². The molecule has 0 amide bonds. The van der Waals surface area contributed by atoms with E-state index in [1.54, 1.807) is 0 Å². The lowest BCUT2D eigenvalue weighted by molar-refractivity contribution is -0.144. The summed E-state index contributed by atoms with van der Waals surface area (Å²) in [5, 5.41) is 12.3. The molecule has 0 bridgehead atoms. The molecule has 0 aliphatic carbocycles. The highest BCUT2D eigenvalue weighted by atomic mass is 35.5. The predicted octanol–water partition coefficient (Wildman–Crippen LogP) is 1.28. The second-order valence-corrected chi connectivity index (χ2v) is 4.46. The summed E-state index contributed by atoms with van der Waals surface area (Å²) in [5.74, 6) is -0.745. The molecule has 1 saturated heterocycles. The largest absolute Gasteiger partial charge is 0.480 e. The van der Waals surface area contributed by atoms with Gasteiger partial charge in [0.1, 0.15) is 6.04 Å². The van der Waals surface area contributed by atoms with Gasteiger partial charge in [0.15, 0.2) is 0 Å². The molecule has 1 aliphatic rings. The van der Waals surface area contributed by atoms with Crippen LogP contribution in [0.5, 0.6) is 0 Å². The van der Waals surface area contributed by atoms with Crippen molar-refractivity contribution in [2.24, 2.45) is 0 Å². The fourth-order valence-electron chi connectivity index (χ4n) is 2.19. The van der Waals surface area contributed by atoms with Crippen molar-refractivity contribution in [1.29, 1.82) is 0 Å². The fourth-order valence-corrected chi connectivity index (χ4v) is 2.19. The second-order valence-electron chi connectivity index (χ2n) is 4.46. The van der Waals surface area contributed by atoms with E-state index >= 15 is 0 Å². The summed E-state index contributed by atoms with van der Waals surface area (Å²) in [7, 11) is 0. The van der Waals surface area contributed by atoms with Crippen LogP contribution in [0.2, 0.25) is 0 Å². The molecule has 1 aromatic rings. The van der Waals surface area contributed by atoms with E-state index < -0.39 is 12.0 Å². The van der Waals surface area contributed by atoms with Gasteiger partial charge in [-0.1, -0.05) is 24.3 Å². The molecule has 18 heavy (non-hydrogen) atoms. The zero-order valence-corrected chi connectivity index (χ0v) is 11.2. The topological polar surface area (TPSA) is 52.6 Å². The molecule has 1 fully saturated rings. The highest BCUT2D eigenvalue weighted by Crippen LogP contribution is 2.14. The second kappa shape index (κ2) is 6.73. The van der Waals surface area contributed by atoms with Gasteiger partial charge in [-0.15, -0.1) is 12.4 Å². The number of halogens is 1. The minimum absolute atomic E-state index is 0. The highest BCUT2D eigenvalue weighted by Gasteiger charge is 2.28. The summed E-state index contributed by atoms with van der Waals surface area (Å²) in [6.07, 6.45) is 0. The third kappa shape index (κ3) is 3.45. The van der Waals surface area contributed by atoms with Gasteiger partial charge in [0.25, 0.3) is 0 Å². The summed E-state index contributed by atoms with van der Waals surface area (Å²) in [5.41, 5.74) is 2.43. The lowest BCUT2D eigenvalue weighted by Gasteiger charge is -2.33. The molecule has 1 atom stereocenters. The normalized spacial score (nSPS) is 20.2. The van der Waals surface area contributed by atoms with Crippen molar-refractivity contribution in [2.45, 2.75) is 19.5 Å². The quantitative estimate of drug-likeness (QED) is 0.869. The van der Waals surface area contributed by atoms with Crippen LogP contribution in [0.4, 0.5) is 0 Å². The molecule has 2 N–H and O–H groups in total. The third-order valence-corrected chi connectivity index (χ3v) is 3.27. The van der Waals surface area contributed by atoms with E-state index in [2.05, 4.69) is 24.4 Å². The van der Waals surface area contributed by atoms with Crippen molar-refractivity contribution in [3.8, 4) is 0 Å². The first kappa shape index (κ1) is 15.0. The standard InChI is InChI=1S/C13H18N2O2.ClH/c1-10-4-2-3-5-11(10)9-15-7-6-14-8-12(15)13(16)17;/h2-5,12,14H,6-9H2,1H3,(H,16,17);1H. The van der Waals surface area contributed by atoms with Crippen LogP contribution in [-0.2, 0) is 11.3 Å². The Balaban J connectivity index is 0.00000162. The maximum absolute atomic E-state index is 11.2. The van der Waals surface area contributed by atoms with Crippen molar-refractivity contribution in [2.75, 3.05) is 19.6 Å². The van der Waals surface area contributed by atoms with Gasteiger partial charge in [0.05, 0.1) is 0 Å². The first-order valence-electron chi connectivity index (χ1n) is 5.90. The molecule has 5 heteroatoms. The van der Waals surface area contributed by atoms with Crippen LogP contribution in [0.25, 0.3) is 0 Å². The van der Waals surface area contributed by atoms with Gasteiger partial charge in [-0.25, -0.2) is 0 Å². The van der Waals surface area contributed by atoms with Crippen molar-refractivity contribution in [3.05, 3.63) is 35.4 Å². The lowest BCUT2D eigenvalue weighted by atomic mass is 10.1. The smallest absolute Gasteiger partial charge is 0.322 e. The van der Waals surface area contributed by atoms with Crippen molar-refractivity contribution in [1.82, 2.24) is 10.2 Å². The van der Waals surface area contributed by atoms with Crippen LogP contribution in [0.1, 0.15) is 11.1 Å². The average Bonchev–Trinajstić information content (AvgIpc) is 2.32. The fraction of sp³-hybridized carbons (Fsp3) is 0.462. The maximum atomic E-state index is 11.2. The van der Waals surface area contributed by atoms with Crippen LogP contribution in [0.3, 0.4) is 0 Å². The van der Waals surface area contributed by atoms with Gasteiger partial charge in [-0.2, -0.15) is 0 Å². The van der Waals surface area contributed by atoms with E-state index in [1.165, 1.54) is 11.1 Å². The van der Waals surface area contributed by atoms with Gasteiger partial charge < -0.3 is 10.4 Å². The number of hydrogen-bond acceptors (Lipinski definition) is 3. The first-order valence-corrected chi connectivity index (χ1v) is 5.90. The zero-order valence-electron chi connectivity index (χ0n) is 10.4. The number of carboxylic acids is 1. The molecule has 1 heterocycles. The van der Waals surface area contributed by atoms with Gasteiger partial charge in [-0.3, -0.25) is 9.69 Å². The Labute approximate surface area is 113 Å². The van der Waals surface area contributed by atoms with E-state index in [4.69, 9.17) is 0 Å². The molecule has 100 valence electrons. The van der Waals surface area contributed by atoms with Crippen LogP contribution in [-0.4, -0.2) is 41.7 Å². The van der Waals surface area contributed by atoms with Crippen LogP contribution < -0.4 is 5.32 Å². The molecule has 1 aliphatic heterocycles. The minimum atomic E-state index is -0.745. The first-order chi connectivity index (χ1) is 8.18. The number of rotatable bonds is 3. The lowest BCUT2D eigenvalue weighted by Crippen LogP contribution is -2.54. The van der Waals surface area contributed by atoms with E-state index in [-0.39, 0.29) is 12.4 Å². The Bertz CT molecular complexity index is 412. The monoisotopic (exact) mass is 270 g/mol. The molecule has 4 nitrogen and oxygen atoms in total. The predicted molar refractivity (Wildman–Crippen MR) is 73.1 cm³/mol. The SMILES string of the molecule is Cc1ccccc1CN1CCNCC1C(=O)O.Cl. The van der Waals surface area contributed by atoms with E-state index in [9.17, 15) is 9.90 Å². The summed E-state index contributed by atoms with van der Waals surface area (Å²) >= 11 is 0. The molecular formula is C13H19ClN2O2. The van der Waals surface area contributed by atoms with Crippen molar-refractivity contribution >= 4 is 18.4 Å². The summed E-state index contributed by atoms with van der Waals surface area (Å²) in [6, 6.07) is 7.72. The molecule has 1 aromatic carbocycles. The molecule has 0 spiro atoms. The Hall–Kier alpha value is -1.10. The molecule has 1 unspecified atom stereocenters. The van der Waals surface area contributed by atoms with Crippen molar-refractivity contribution in [3.63, 3.8) is 0 Å². The van der Waals surface area contributed by atoms with Gasteiger partial charge in [-0.05, 0) is 18.1 Å². The Morgan fingerprint density at radius 2 is 2.22 bits per heavy atom. The number of carboxylic acid groups (broad SMARTS) is 1. The van der Waals surface area contributed by atoms with Crippen molar-refractivity contribution < 1.29 is 9.90 Å². The maximum Gasteiger partial charge on any atom is 0.322 e. The Morgan fingerprint density at radius 1 is 1.50 bits per heavy atom. The van der Waals surface area contributed by atoms with Gasteiger partial charge in [0.2, 0.25) is 0 Å². The molecule has 0 aromatic heterocycles. The number of carbonyl (C=O) groups is 1. The van der Waals surface area contributed by atoms with Crippen LogP contribution in [0, 0.1) is 6.92 Å². The number of aryl methyl sites for hydroxylation is 1. The Morgan fingerprint density at radius 3 is 2.89 bits per heavy atom. The van der Waals surface area contributed by atoms with E-state index in [1.807, 2.05) is 17.0 Å². The molecule has 2 rings (SSSR count). The molecule has 0 radical (unpaired) electrons. The summed E-state index contributed by atoms with van der Waals surface area (Å²) in [4.78, 5) is 13.2. The highest BCUT2D eigenvalue weighted by molar-refractivity contribution is 5.85. The molecular weight excluding hydrogens is 252 g/mol. The number of hydrogen-bond donors (Lipinski definition) is 2. The number of nitrogens with one attached hydrogen (secondary N) is 1. The van der Waals surface area contributed by atoms with Gasteiger partial charge in [0, 0.05) is 26.2 Å². The number of nitrogens with zero attached hydrogens (tertiary/aromatic N) is 1. The third-order valence-electron chi connectivity index (χ3n) is 3.27. The zero-order chi connectivity index (χ0) is 12.3. The number of benzene rings is 1. The summed E-state index contributed by atoms with van der Waals surface area (Å²) in [6.45, 7) is 4.95. The van der Waals surface area contributed by atoms with Crippen LogP contribution in [0.15, 0.2) is 24.3 Å². The average molecular weight is 271 g/mol. The number of piperazine rings is 1. The van der Waals surface area contributed by atoms with E-state index in [0.717, 1.165) is 13.1 Å². The number of aliphatic carboxylic acids is 1. The van der Waals surface area contributed by atoms with E-state index in [0.29, 0.717) is 13.1 Å². The Kier molecular flexibility index (Phi) is 5.59.